The van der Waals surface area contributed by atoms with Crippen molar-refractivity contribution in [2.75, 3.05) is 0 Å². The van der Waals surface area contributed by atoms with Gasteiger partial charge in [0.2, 0.25) is 0 Å². The van der Waals surface area contributed by atoms with Crippen molar-refractivity contribution in [2.24, 2.45) is 5.92 Å². The van der Waals surface area contributed by atoms with Crippen molar-refractivity contribution < 1.29 is 9.59 Å². The summed E-state index contributed by atoms with van der Waals surface area (Å²) in [5.41, 5.74) is 3.26. The van der Waals surface area contributed by atoms with Crippen LogP contribution in [0, 0.1) is 5.92 Å². The van der Waals surface area contributed by atoms with Gasteiger partial charge >= 0.3 is 0 Å². The summed E-state index contributed by atoms with van der Waals surface area (Å²) in [6.07, 6.45) is 13.3. The largest absolute Gasteiger partial charge is 0.298 e. The fourth-order valence-corrected chi connectivity index (χ4v) is 2.75. The van der Waals surface area contributed by atoms with Crippen molar-refractivity contribution in [3.05, 3.63) is 22.8 Å². The minimum Gasteiger partial charge on any atom is -0.298 e. The van der Waals surface area contributed by atoms with E-state index in [1.54, 1.807) is 0 Å². The number of hydrogen-bond donors (Lipinski definition) is 0. The van der Waals surface area contributed by atoms with E-state index in [9.17, 15) is 9.59 Å². The van der Waals surface area contributed by atoms with Crippen molar-refractivity contribution in [1.29, 1.82) is 0 Å². The Labute approximate surface area is 137 Å². The molecule has 0 spiro atoms. The molecule has 0 fully saturated rings. The summed E-state index contributed by atoms with van der Waals surface area (Å²) in [5.74, 6) is 0.387. The average molecular weight is 306 g/mol. The van der Waals surface area contributed by atoms with Crippen LogP contribution >= 0.6 is 0 Å². The lowest BCUT2D eigenvalue weighted by molar-refractivity contribution is -0.105. The third-order valence-corrected chi connectivity index (χ3v) is 4.04. The predicted molar refractivity (Wildman–Crippen MR) is 95.0 cm³/mol. The molecule has 22 heavy (non-hydrogen) atoms. The van der Waals surface area contributed by atoms with Crippen LogP contribution in [0.15, 0.2) is 22.8 Å². The Bertz CT molecular complexity index is 377. The molecule has 0 saturated heterocycles. The lowest BCUT2D eigenvalue weighted by Crippen LogP contribution is -2.00. The molecule has 0 saturated carbocycles. The highest BCUT2D eigenvalue weighted by Crippen LogP contribution is 2.24. The van der Waals surface area contributed by atoms with Crippen LogP contribution < -0.4 is 0 Å². The number of unbranched alkanes of at least 4 members (excludes halogenated alkanes) is 1. The lowest BCUT2D eigenvalue weighted by Gasteiger charge is -2.14. The fourth-order valence-electron chi connectivity index (χ4n) is 2.75. The summed E-state index contributed by atoms with van der Waals surface area (Å²) < 4.78 is 0. The highest BCUT2D eigenvalue weighted by atomic mass is 16.1. The van der Waals surface area contributed by atoms with E-state index in [1.807, 2.05) is 0 Å². The summed E-state index contributed by atoms with van der Waals surface area (Å²) in [6.45, 7) is 8.56. The van der Waals surface area contributed by atoms with Gasteiger partial charge in [-0.05, 0) is 55.6 Å². The molecule has 0 N–H and O–H groups in total. The van der Waals surface area contributed by atoms with Gasteiger partial charge in [-0.2, -0.15) is 0 Å². The zero-order valence-electron chi connectivity index (χ0n) is 15.0. The number of rotatable bonds is 13. The number of aldehydes is 2. The quantitative estimate of drug-likeness (QED) is 0.317. The molecule has 0 aliphatic heterocycles. The zero-order chi connectivity index (χ0) is 16.8. The Morgan fingerprint density at radius 2 is 1.55 bits per heavy atom. The molecule has 0 aromatic carbocycles. The molecule has 0 aromatic rings. The second-order valence-corrected chi connectivity index (χ2v) is 6.23. The van der Waals surface area contributed by atoms with Gasteiger partial charge < -0.3 is 0 Å². The van der Waals surface area contributed by atoms with Crippen molar-refractivity contribution in [1.82, 2.24) is 0 Å². The molecule has 0 aliphatic rings. The van der Waals surface area contributed by atoms with E-state index in [1.165, 1.54) is 5.57 Å². The molecule has 126 valence electrons. The lowest BCUT2D eigenvalue weighted by atomic mass is 9.91. The highest BCUT2D eigenvalue weighted by molar-refractivity contribution is 5.74. The maximum Gasteiger partial charge on any atom is 0.145 e. The smallest absolute Gasteiger partial charge is 0.145 e. The van der Waals surface area contributed by atoms with Crippen LogP contribution in [-0.4, -0.2) is 12.6 Å². The molecular weight excluding hydrogens is 272 g/mol. The van der Waals surface area contributed by atoms with Crippen LogP contribution in [0.3, 0.4) is 0 Å². The molecule has 2 heteroatoms. The minimum absolute atomic E-state index is 0.387. The van der Waals surface area contributed by atoms with Crippen molar-refractivity contribution in [3.8, 4) is 0 Å². The molecule has 1 unspecified atom stereocenters. The maximum absolute atomic E-state index is 11.3. The van der Waals surface area contributed by atoms with E-state index in [0.717, 1.165) is 81.5 Å². The Morgan fingerprint density at radius 1 is 0.864 bits per heavy atom. The Balaban J connectivity index is 4.80. The summed E-state index contributed by atoms with van der Waals surface area (Å²) in [7, 11) is 0. The first-order valence-corrected chi connectivity index (χ1v) is 8.94. The van der Waals surface area contributed by atoms with Gasteiger partial charge in [-0.3, -0.25) is 9.59 Å². The predicted octanol–water partition coefficient (Wildman–Crippen LogP) is 5.81. The van der Waals surface area contributed by atoms with Gasteiger partial charge in [0.15, 0.2) is 0 Å². The van der Waals surface area contributed by atoms with Crippen molar-refractivity contribution >= 4 is 12.6 Å². The molecule has 0 radical (unpaired) electrons. The van der Waals surface area contributed by atoms with E-state index in [-0.39, 0.29) is 0 Å². The molecule has 0 aromatic heterocycles. The van der Waals surface area contributed by atoms with E-state index < -0.39 is 0 Å². The Kier molecular flexibility index (Phi) is 12.8. The van der Waals surface area contributed by atoms with E-state index >= 15 is 0 Å². The minimum atomic E-state index is 0.387. The van der Waals surface area contributed by atoms with E-state index in [0.29, 0.717) is 5.92 Å². The number of carbonyl (C=O) groups excluding carboxylic acids is 2. The first-order valence-electron chi connectivity index (χ1n) is 8.94. The fraction of sp³-hybridized carbons (Fsp3) is 0.700. The summed E-state index contributed by atoms with van der Waals surface area (Å²) in [6, 6.07) is 0. The van der Waals surface area contributed by atoms with Crippen LogP contribution in [0.4, 0.5) is 0 Å². The monoisotopic (exact) mass is 306 g/mol. The zero-order valence-corrected chi connectivity index (χ0v) is 15.0. The standard InChI is InChI=1S/C20H34O2/c1-5-8-11-19(20(16-22)10-7-3)13-12-17(4)14-18(15-21)9-6-2/h14-17H,5-13H2,1-4H3. The molecule has 0 heterocycles. The Morgan fingerprint density at radius 3 is 2.05 bits per heavy atom. The van der Waals surface area contributed by atoms with Crippen LogP contribution in [0.25, 0.3) is 0 Å². The summed E-state index contributed by atoms with van der Waals surface area (Å²) >= 11 is 0. The van der Waals surface area contributed by atoms with Crippen molar-refractivity contribution in [2.45, 2.75) is 85.5 Å². The van der Waals surface area contributed by atoms with Gasteiger partial charge in [-0.25, -0.2) is 0 Å². The molecule has 2 nitrogen and oxygen atoms in total. The van der Waals surface area contributed by atoms with Crippen LogP contribution in [0.5, 0.6) is 0 Å². The number of carbonyl (C=O) groups is 2. The highest BCUT2D eigenvalue weighted by Gasteiger charge is 2.08. The van der Waals surface area contributed by atoms with Gasteiger partial charge in [-0.15, -0.1) is 0 Å². The third-order valence-electron chi connectivity index (χ3n) is 4.04. The van der Waals surface area contributed by atoms with E-state index in [2.05, 4.69) is 33.8 Å². The molecule has 0 rings (SSSR count). The van der Waals surface area contributed by atoms with Crippen LogP contribution in [0.2, 0.25) is 0 Å². The van der Waals surface area contributed by atoms with Gasteiger partial charge in [0.25, 0.3) is 0 Å². The van der Waals surface area contributed by atoms with Crippen molar-refractivity contribution in [3.63, 3.8) is 0 Å². The van der Waals surface area contributed by atoms with Gasteiger partial charge in [0.1, 0.15) is 12.6 Å². The first kappa shape index (κ1) is 20.8. The maximum atomic E-state index is 11.3. The number of hydrogen-bond acceptors (Lipinski definition) is 2. The van der Waals surface area contributed by atoms with E-state index in [4.69, 9.17) is 0 Å². The molecular formula is C20H34O2. The van der Waals surface area contributed by atoms with Crippen LogP contribution in [-0.2, 0) is 9.59 Å². The van der Waals surface area contributed by atoms with Gasteiger partial charge in [0.05, 0.1) is 0 Å². The normalized spacial score (nSPS) is 14.5. The molecule has 1 atom stereocenters. The SMILES string of the molecule is CCCCC(CCC(C)C=C(C=O)CCC)=C(C=O)CCC. The second kappa shape index (κ2) is 13.5. The average Bonchev–Trinajstić information content (AvgIpc) is 2.52. The van der Waals surface area contributed by atoms with Gasteiger partial charge in [-0.1, -0.05) is 58.6 Å². The summed E-state index contributed by atoms with van der Waals surface area (Å²) in [4.78, 5) is 22.4. The Hall–Kier alpha value is -1.18. The number of allylic oxidation sites excluding steroid dienone is 4. The third kappa shape index (κ3) is 8.96. The topological polar surface area (TPSA) is 34.1 Å². The first-order chi connectivity index (χ1) is 10.6. The second-order valence-electron chi connectivity index (χ2n) is 6.23. The summed E-state index contributed by atoms with van der Waals surface area (Å²) in [5, 5.41) is 0. The molecule has 0 amide bonds. The molecule has 0 aliphatic carbocycles. The van der Waals surface area contributed by atoms with Gasteiger partial charge in [0, 0.05) is 0 Å². The molecule has 0 bridgehead atoms. The van der Waals surface area contributed by atoms with Crippen LogP contribution in [0.1, 0.15) is 85.5 Å².